The molecule has 0 spiro atoms. The molecule has 0 unspecified atom stereocenters. The summed E-state index contributed by atoms with van der Waals surface area (Å²) in [7, 11) is 0. The van der Waals surface area contributed by atoms with Crippen LogP contribution in [0.4, 0.5) is 10.8 Å². The molecule has 94 valence electrons. The quantitative estimate of drug-likeness (QED) is 0.905. The second kappa shape index (κ2) is 5.84. The predicted molar refractivity (Wildman–Crippen MR) is 75.3 cm³/mol. The van der Waals surface area contributed by atoms with E-state index in [9.17, 15) is 4.79 Å². The Morgan fingerprint density at radius 3 is 2.72 bits per heavy atom. The van der Waals surface area contributed by atoms with Crippen molar-refractivity contribution in [2.45, 2.75) is 13.0 Å². The largest absolute Gasteiger partial charge is 0.374 e. The number of hydrogen-bond acceptors (Lipinski definition) is 4. The van der Waals surface area contributed by atoms with Gasteiger partial charge in [0.25, 0.3) is 0 Å². The summed E-state index contributed by atoms with van der Waals surface area (Å²) in [5.41, 5.74) is 0.848. The molecule has 0 aliphatic heterocycles. The maximum atomic E-state index is 11.8. The fourth-order valence-corrected chi connectivity index (χ4v) is 2.02. The van der Waals surface area contributed by atoms with E-state index in [-0.39, 0.29) is 11.9 Å². The first-order valence-electron chi connectivity index (χ1n) is 5.37. The third kappa shape index (κ3) is 3.45. The zero-order chi connectivity index (χ0) is 13.0. The van der Waals surface area contributed by atoms with Crippen LogP contribution in [0.15, 0.2) is 35.8 Å². The van der Waals surface area contributed by atoms with Crippen molar-refractivity contribution in [1.82, 2.24) is 4.98 Å². The van der Waals surface area contributed by atoms with Crippen molar-refractivity contribution in [3.63, 3.8) is 0 Å². The lowest BCUT2D eigenvalue weighted by molar-refractivity contribution is -0.116. The van der Waals surface area contributed by atoms with Crippen molar-refractivity contribution in [3.05, 3.63) is 40.9 Å². The number of thiazole rings is 1. The van der Waals surface area contributed by atoms with E-state index in [0.29, 0.717) is 10.2 Å². The van der Waals surface area contributed by atoms with Crippen LogP contribution in [0, 0.1) is 0 Å². The van der Waals surface area contributed by atoms with Crippen molar-refractivity contribution in [3.8, 4) is 0 Å². The number of halogens is 1. The highest BCUT2D eigenvalue weighted by Crippen LogP contribution is 2.15. The summed E-state index contributed by atoms with van der Waals surface area (Å²) in [6, 6.07) is 6.85. The molecule has 1 amide bonds. The molecule has 0 bridgehead atoms. The van der Waals surface area contributed by atoms with Crippen molar-refractivity contribution < 1.29 is 4.79 Å². The molecule has 1 aromatic carbocycles. The van der Waals surface area contributed by atoms with Crippen LogP contribution in [-0.2, 0) is 4.79 Å². The van der Waals surface area contributed by atoms with Crippen molar-refractivity contribution in [2.75, 3.05) is 10.6 Å². The summed E-state index contributed by atoms with van der Waals surface area (Å²) < 4.78 is 0. The normalized spacial score (nSPS) is 11.9. The fraction of sp³-hybridized carbons (Fsp3) is 0.167. The molecule has 0 saturated heterocycles. The van der Waals surface area contributed by atoms with E-state index in [4.69, 9.17) is 11.6 Å². The fourth-order valence-electron chi connectivity index (χ4n) is 1.36. The number of hydrogen-bond donors (Lipinski definition) is 2. The molecule has 0 radical (unpaired) electrons. The van der Waals surface area contributed by atoms with Crippen LogP contribution in [0.3, 0.4) is 0 Å². The van der Waals surface area contributed by atoms with Gasteiger partial charge in [-0.3, -0.25) is 4.79 Å². The number of anilines is 2. The predicted octanol–water partition coefficient (Wildman–Crippen LogP) is 3.24. The summed E-state index contributed by atoms with van der Waals surface area (Å²) in [6.45, 7) is 1.79. The number of aromatic nitrogens is 1. The lowest BCUT2D eigenvalue weighted by atomic mass is 10.2. The number of carbonyl (C=O) groups is 1. The average molecular weight is 282 g/mol. The van der Waals surface area contributed by atoms with Crippen LogP contribution < -0.4 is 10.6 Å². The van der Waals surface area contributed by atoms with Crippen LogP contribution in [0.5, 0.6) is 0 Å². The van der Waals surface area contributed by atoms with Gasteiger partial charge in [-0.1, -0.05) is 11.6 Å². The third-order valence-electron chi connectivity index (χ3n) is 2.28. The van der Waals surface area contributed by atoms with Gasteiger partial charge in [-0.25, -0.2) is 4.98 Å². The molecule has 2 rings (SSSR count). The number of amides is 1. The van der Waals surface area contributed by atoms with Crippen LogP contribution in [-0.4, -0.2) is 16.9 Å². The van der Waals surface area contributed by atoms with Crippen molar-refractivity contribution >= 4 is 39.7 Å². The Labute approximate surface area is 114 Å². The lowest BCUT2D eigenvalue weighted by Gasteiger charge is -2.14. The molecule has 0 aliphatic rings. The monoisotopic (exact) mass is 281 g/mol. The summed E-state index contributed by atoms with van der Waals surface area (Å²) in [6.07, 6.45) is 1.65. The van der Waals surface area contributed by atoms with E-state index >= 15 is 0 Å². The molecule has 2 N–H and O–H groups in total. The smallest absolute Gasteiger partial charge is 0.248 e. The summed E-state index contributed by atoms with van der Waals surface area (Å²) in [5, 5.41) is 8.90. The molecule has 0 fully saturated rings. The summed E-state index contributed by atoms with van der Waals surface area (Å²) in [5.74, 6) is -0.125. The van der Waals surface area contributed by atoms with E-state index in [1.807, 2.05) is 17.5 Å². The molecule has 1 aromatic heterocycles. The molecule has 2 aromatic rings. The minimum Gasteiger partial charge on any atom is -0.374 e. The number of benzene rings is 1. The third-order valence-corrected chi connectivity index (χ3v) is 3.22. The van der Waals surface area contributed by atoms with Gasteiger partial charge in [0.15, 0.2) is 5.13 Å². The van der Waals surface area contributed by atoms with Gasteiger partial charge in [0.2, 0.25) is 5.91 Å². The van der Waals surface area contributed by atoms with Gasteiger partial charge in [0, 0.05) is 22.3 Å². The highest BCUT2D eigenvalue weighted by molar-refractivity contribution is 7.13. The standard InChI is InChI=1S/C12H12ClN3OS/c1-8(11(17)16-12-14-6-7-18-12)15-10-4-2-9(13)3-5-10/h2-8,15H,1H3,(H,14,16,17)/t8-/m1/s1. The zero-order valence-electron chi connectivity index (χ0n) is 9.68. The Morgan fingerprint density at radius 1 is 1.39 bits per heavy atom. The molecule has 0 aliphatic carbocycles. The van der Waals surface area contributed by atoms with Crippen molar-refractivity contribution in [1.29, 1.82) is 0 Å². The van der Waals surface area contributed by atoms with E-state index in [1.54, 1.807) is 25.3 Å². The number of nitrogens with one attached hydrogen (secondary N) is 2. The van der Waals surface area contributed by atoms with Crippen LogP contribution in [0.1, 0.15) is 6.92 Å². The Bertz CT molecular complexity index is 513. The van der Waals surface area contributed by atoms with E-state index in [0.717, 1.165) is 5.69 Å². The van der Waals surface area contributed by atoms with Crippen LogP contribution in [0.2, 0.25) is 5.02 Å². The van der Waals surface area contributed by atoms with Gasteiger partial charge in [-0.05, 0) is 31.2 Å². The topological polar surface area (TPSA) is 54.0 Å². The lowest BCUT2D eigenvalue weighted by Crippen LogP contribution is -2.31. The van der Waals surface area contributed by atoms with Gasteiger partial charge in [0.05, 0.1) is 0 Å². The molecule has 4 nitrogen and oxygen atoms in total. The first kappa shape index (κ1) is 12.9. The number of nitrogens with zero attached hydrogens (tertiary/aromatic N) is 1. The van der Waals surface area contributed by atoms with E-state index in [2.05, 4.69) is 15.6 Å². The van der Waals surface area contributed by atoms with E-state index in [1.165, 1.54) is 11.3 Å². The molecule has 0 saturated carbocycles. The Morgan fingerprint density at radius 2 is 2.11 bits per heavy atom. The molecule has 1 atom stereocenters. The van der Waals surface area contributed by atoms with Crippen LogP contribution >= 0.6 is 22.9 Å². The molecule has 1 heterocycles. The summed E-state index contributed by atoms with van der Waals surface area (Å²) >= 11 is 7.18. The van der Waals surface area contributed by atoms with Crippen LogP contribution in [0.25, 0.3) is 0 Å². The van der Waals surface area contributed by atoms with Gasteiger partial charge in [-0.2, -0.15) is 0 Å². The first-order valence-corrected chi connectivity index (χ1v) is 6.63. The van der Waals surface area contributed by atoms with E-state index < -0.39 is 0 Å². The van der Waals surface area contributed by atoms with Crippen molar-refractivity contribution in [2.24, 2.45) is 0 Å². The molecular weight excluding hydrogens is 270 g/mol. The highest BCUT2D eigenvalue weighted by atomic mass is 35.5. The maximum absolute atomic E-state index is 11.8. The Kier molecular flexibility index (Phi) is 4.17. The molecule has 6 heteroatoms. The second-order valence-corrected chi connectivity index (χ2v) is 5.03. The Balaban J connectivity index is 1.93. The number of rotatable bonds is 4. The average Bonchev–Trinajstić information content (AvgIpc) is 2.85. The number of carbonyl (C=O) groups excluding carboxylic acids is 1. The van der Waals surface area contributed by atoms with Gasteiger partial charge in [0.1, 0.15) is 6.04 Å². The minimum absolute atomic E-state index is 0.125. The zero-order valence-corrected chi connectivity index (χ0v) is 11.3. The SMILES string of the molecule is C[C@@H](Nc1ccc(Cl)cc1)C(=O)Nc1nccs1. The molecular formula is C12H12ClN3OS. The first-order chi connectivity index (χ1) is 8.65. The maximum Gasteiger partial charge on any atom is 0.248 e. The summed E-state index contributed by atoms with van der Waals surface area (Å²) in [4.78, 5) is 15.8. The van der Waals surface area contributed by atoms with Gasteiger partial charge >= 0.3 is 0 Å². The second-order valence-electron chi connectivity index (χ2n) is 3.70. The minimum atomic E-state index is -0.352. The Hall–Kier alpha value is -1.59. The molecule has 18 heavy (non-hydrogen) atoms. The van der Waals surface area contributed by atoms with Gasteiger partial charge < -0.3 is 10.6 Å². The highest BCUT2D eigenvalue weighted by Gasteiger charge is 2.13. The van der Waals surface area contributed by atoms with Gasteiger partial charge in [-0.15, -0.1) is 11.3 Å².